The fourth-order valence-electron chi connectivity index (χ4n) is 1.56. The van der Waals surface area contributed by atoms with Crippen molar-refractivity contribution in [3.05, 3.63) is 34.1 Å². The number of nitro groups is 1. The van der Waals surface area contributed by atoms with Gasteiger partial charge in [-0.25, -0.2) is 4.39 Å². The van der Waals surface area contributed by atoms with E-state index in [9.17, 15) is 19.6 Å². The minimum atomic E-state index is -0.962. The molecule has 0 aliphatic rings. The minimum absolute atomic E-state index is 0.244. The molecule has 5 nitrogen and oxygen atoms in total. The second-order valence-corrected chi connectivity index (χ2v) is 4.59. The monoisotopic (exact) mass is 242 g/mol. The van der Waals surface area contributed by atoms with Crippen LogP contribution in [0.1, 0.15) is 13.8 Å². The van der Waals surface area contributed by atoms with E-state index in [0.717, 1.165) is 6.07 Å². The summed E-state index contributed by atoms with van der Waals surface area (Å²) in [6, 6.07) is 3.33. The number of aliphatic hydroxyl groups is 1. The van der Waals surface area contributed by atoms with Gasteiger partial charge in [0.2, 0.25) is 0 Å². The van der Waals surface area contributed by atoms with Crippen molar-refractivity contribution in [3.63, 3.8) is 0 Å². The van der Waals surface area contributed by atoms with E-state index in [1.54, 1.807) is 25.8 Å². The van der Waals surface area contributed by atoms with E-state index in [0.29, 0.717) is 5.69 Å². The first-order chi connectivity index (χ1) is 7.69. The van der Waals surface area contributed by atoms with E-state index in [1.165, 1.54) is 12.1 Å². The van der Waals surface area contributed by atoms with E-state index in [4.69, 9.17) is 0 Å². The van der Waals surface area contributed by atoms with E-state index in [2.05, 4.69) is 0 Å². The molecule has 0 heterocycles. The quantitative estimate of drug-likeness (QED) is 0.647. The van der Waals surface area contributed by atoms with Gasteiger partial charge in [0.05, 0.1) is 16.6 Å². The molecule has 0 amide bonds. The lowest BCUT2D eigenvalue weighted by Gasteiger charge is -2.27. The highest BCUT2D eigenvalue weighted by molar-refractivity contribution is 5.53. The summed E-state index contributed by atoms with van der Waals surface area (Å²) in [5.41, 5.74) is -0.906. The summed E-state index contributed by atoms with van der Waals surface area (Å²) >= 11 is 0. The van der Waals surface area contributed by atoms with Crippen molar-refractivity contribution < 1.29 is 14.4 Å². The molecule has 0 bridgehead atoms. The highest BCUT2D eigenvalue weighted by Gasteiger charge is 2.18. The SMILES string of the molecule is CN(CC(C)(C)O)c1cc(F)cc([N+](=O)[O-])c1. The number of rotatable bonds is 4. The number of anilines is 1. The maximum atomic E-state index is 13.2. The first-order valence-electron chi connectivity index (χ1n) is 5.07. The van der Waals surface area contributed by atoms with Gasteiger partial charge in [-0.1, -0.05) is 0 Å². The van der Waals surface area contributed by atoms with Crippen LogP contribution in [-0.2, 0) is 0 Å². The molecule has 0 fully saturated rings. The van der Waals surface area contributed by atoms with Crippen molar-refractivity contribution in [3.8, 4) is 0 Å². The molecule has 1 aromatic carbocycles. The van der Waals surface area contributed by atoms with Crippen molar-refractivity contribution in [2.45, 2.75) is 19.4 Å². The van der Waals surface area contributed by atoms with E-state index < -0.39 is 16.3 Å². The normalized spacial score (nSPS) is 11.4. The summed E-state index contributed by atoms with van der Waals surface area (Å²) in [6.07, 6.45) is 0. The zero-order valence-electron chi connectivity index (χ0n) is 9.98. The summed E-state index contributed by atoms with van der Waals surface area (Å²) in [5, 5.41) is 20.2. The van der Waals surface area contributed by atoms with E-state index in [1.807, 2.05) is 0 Å². The Hall–Kier alpha value is -1.69. The van der Waals surface area contributed by atoms with Gasteiger partial charge in [0, 0.05) is 25.3 Å². The molecular weight excluding hydrogens is 227 g/mol. The van der Waals surface area contributed by atoms with Gasteiger partial charge in [-0.2, -0.15) is 0 Å². The molecule has 0 aliphatic carbocycles. The second-order valence-electron chi connectivity index (χ2n) is 4.59. The average Bonchev–Trinajstić information content (AvgIpc) is 2.13. The third-order valence-electron chi connectivity index (χ3n) is 2.14. The molecule has 1 aromatic rings. The molecule has 17 heavy (non-hydrogen) atoms. The maximum absolute atomic E-state index is 13.2. The van der Waals surface area contributed by atoms with Gasteiger partial charge >= 0.3 is 0 Å². The molecule has 0 atom stereocenters. The van der Waals surface area contributed by atoms with Gasteiger partial charge in [-0.15, -0.1) is 0 Å². The van der Waals surface area contributed by atoms with Gasteiger partial charge < -0.3 is 10.0 Å². The largest absolute Gasteiger partial charge is 0.389 e. The topological polar surface area (TPSA) is 66.6 Å². The van der Waals surface area contributed by atoms with Crippen LogP contribution in [0.15, 0.2) is 18.2 Å². The van der Waals surface area contributed by atoms with Gasteiger partial charge in [-0.05, 0) is 19.9 Å². The lowest BCUT2D eigenvalue weighted by Crippen LogP contribution is -2.36. The predicted molar refractivity (Wildman–Crippen MR) is 62.6 cm³/mol. The number of nitro benzene ring substituents is 1. The maximum Gasteiger partial charge on any atom is 0.274 e. The molecule has 0 aliphatic heterocycles. The fourth-order valence-corrected chi connectivity index (χ4v) is 1.56. The van der Waals surface area contributed by atoms with Crippen LogP contribution in [0.5, 0.6) is 0 Å². The van der Waals surface area contributed by atoms with Crippen molar-refractivity contribution in [1.29, 1.82) is 0 Å². The van der Waals surface area contributed by atoms with Crippen LogP contribution in [0.3, 0.4) is 0 Å². The molecule has 0 aromatic heterocycles. The van der Waals surface area contributed by atoms with E-state index in [-0.39, 0.29) is 12.2 Å². The molecule has 0 saturated carbocycles. The van der Waals surface area contributed by atoms with Gasteiger partial charge in [0.25, 0.3) is 5.69 Å². The predicted octanol–water partition coefficient (Wildman–Crippen LogP) is 1.94. The van der Waals surface area contributed by atoms with Crippen LogP contribution in [0.4, 0.5) is 15.8 Å². The number of benzene rings is 1. The highest BCUT2D eigenvalue weighted by Crippen LogP contribution is 2.23. The van der Waals surface area contributed by atoms with Crippen LogP contribution in [-0.4, -0.2) is 29.2 Å². The number of hydrogen-bond donors (Lipinski definition) is 1. The molecule has 0 unspecified atom stereocenters. The molecule has 94 valence electrons. The Bertz CT molecular complexity index is 429. The first kappa shape index (κ1) is 13.4. The highest BCUT2D eigenvalue weighted by atomic mass is 19.1. The molecular formula is C11H15FN2O3. The molecule has 0 spiro atoms. The van der Waals surface area contributed by atoms with Crippen molar-refractivity contribution in [1.82, 2.24) is 0 Å². The summed E-state index contributed by atoms with van der Waals surface area (Å²) in [4.78, 5) is 11.5. The molecule has 0 radical (unpaired) electrons. The Morgan fingerprint density at radius 3 is 2.53 bits per heavy atom. The van der Waals surface area contributed by atoms with Gasteiger partial charge in [0.1, 0.15) is 5.82 Å². The number of likely N-dealkylation sites (N-methyl/N-ethyl adjacent to an activating group) is 1. The second kappa shape index (κ2) is 4.67. The number of halogens is 1. The molecule has 6 heteroatoms. The average molecular weight is 242 g/mol. The number of non-ortho nitro benzene ring substituents is 1. The van der Waals surface area contributed by atoms with Crippen LogP contribution in [0, 0.1) is 15.9 Å². The third-order valence-corrected chi connectivity index (χ3v) is 2.14. The summed E-state index contributed by atoms with van der Waals surface area (Å²) in [6.45, 7) is 3.46. The summed E-state index contributed by atoms with van der Waals surface area (Å²) in [5.74, 6) is -0.670. The third kappa shape index (κ3) is 3.99. The summed E-state index contributed by atoms with van der Waals surface area (Å²) < 4.78 is 13.2. The Balaban J connectivity index is 3.01. The van der Waals surface area contributed by atoms with Crippen LogP contribution < -0.4 is 4.90 Å². The number of hydrogen-bond acceptors (Lipinski definition) is 4. The summed E-state index contributed by atoms with van der Waals surface area (Å²) in [7, 11) is 1.64. The Labute approximate surface area is 98.6 Å². The zero-order chi connectivity index (χ0) is 13.2. The minimum Gasteiger partial charge on any atom is -0.389 e. The Morgan fingerprint density at radius 2 is 2.06 bits per heavy atom. The fraction of sp³-hybridized carbons (Fsp3) is 0.455. The van der Waals surface area contributed by atoms with Crippen molar-refractivity contribution in [2.24, 2.45) is 0 Å². The smallest absolute Gasteiger partial charge is 0.274 e. The lowest BCUT2D eigenvalue weighted by molar-refractivity contribution is -0.385. The first-order valence-corrected chi connectivity index (χ1v) is 5.07. The van der Waals surface area contributed by atoms with Gasteiger partial charge in [0.15, 0.2) is 0 Å². The zero-order valence-corrected chi connectivity index (χ0v) is 9.98. The Morgan fingerprint density at radius 1 is 1.47 bits per heavy atom. The van der Waals surface area contributed by atoms with Crippen LogP contribution >= 0.6 is 0 Å². The molecule has 1 N–H and O–H groups in total. The molecule has 1 rings (SSSR count). The van der Waals surface area contributed by atoms with E-state index >= 15 is 0 Å². The van der Waals surface area contributed by atoms with Crippen molar-refractivity contribution >= 4 is 11.4 Å². The van der Waals surface area contributed by atoms with Crippen LogP contribution in [0.2, 0.25) is 0 Å². The van der Waals surface area contributed by atoms with Gasteiger partial charge in [-0.3, -0.25) is 10.1 Å². The molecule has 0 saturated heterocycles. The van der Waals surface area contributed by atoms with Crippen LogP contribution in [0.25, 0.3) is 0 Å². The lowest BCUT2D eigenvalue weighted by atomic mass is 10.1. The number of nitrogens with zero attached hydrogens (tertiary/aromatic N) is 2. The standard InChI is InChI=1S/C11H15FN2O3/c1-11(2,15)7-13(3)9-4-8(12)5-10(6-9)14(16)17/h4-6,15H,7H2,1-3H3. The van der Waals surface area contributed by atoms with Crippen molar-refractivity contribution in [2.75, 3.05) is 18.5 Å². The Kier molecular flexibility index (Phi) is 3.67.